The number of hydrogen-bond donors (Lipinski definition) is 1. The number of aromatic nitrogens is 2. The molecule has 6 heteroatoms. The Bertz CT molecular complexity index is 631. The Balaban J connectivity index is 1.47. The third-order valence-electron chi connectivity index (χ3n) is 4.02. The molecule has 1 fully saturated rings. The molecule has 0 bridgehead atoms. The number of morpholine rings is 1. The van der Waals surface area contributed by atoms with Gasteiger partial charge in [-0.2, -0.15) is 5.10 Å². The second-order valence-corrected chi connectivity index (χ2v) is 6.43. The van der Waals surface area contributed by atoms with Crippen LogP contribution in [-0.4, -0.2) is 54.1 Å². The summed E-state index contributed by atoms with van der Waals surface area (Å²) < 4.78 is 7.66. The van der Waals surface area contributed by atoms with Crippen LogP contribution in [0, 0.1) is 0 Å². The van der Waals surface area contributed by atoms with Crippen molar-refractivity contribution in [1.29, 1.82) is 0 Å². The summed E-state index contributed by atoms with van der Waals surface area (Å²) in [5.74, 6) is 0. The molecule has 1 aromatic heterocycles. The van der Waals surface area contributed by atoms with E-state index in [9.17, 15) is 0 Å². The summed E-state index contributed by atoms with van der Waals surface area (Å²) in [5.41, 5.74) is 2.25. The minimum atomic E-state index is 0.270. The minimum Gasteiger partial charge on any atom is -0.374 e. The summed E-state index contributed by atoms with van der Waals surface area (Å²) in [7, 11) is 2.13. The average molecular weight is 335 g/mol. The van der Waals surface area contributed by atoms with Crippen molar-refractivity contribution in [1.82, 2.24) is 20.0 Å². The van der Waals surface area contributed by atoms with Crippen LogP contribution in [0.2, 0.25) is 5.02 Å². The van der Waals surface area contributed by atoms with Gasteiger partial charge in [0.05, 0.1) is 25.5 Å². The monoisotopic (exact) mass is 334 g/mol. The maximum absolute atomic E-state index is 6.19. The van der Waals surface area contributed by atoms with E-state index in [0.29, 0.717) is 6.54 Å². The molecule has 0 saturated carbocycles. The Kier molecular flexibility index (Phi) is 5.67. The average Bonchev–Trinajstić information content (AvgIpc) is 2.97. The van der Waals surface area contributed by atoms with Crippen LogP contribution in [0.3, 0.4) is 0 Å². The fraction of sp³-hybridized carbons (Fsp3) is 0.471. The number of rotatable bonds is 6. The van der Waals surface area contributed by atoms with Gasteiger partial charge in [-0.1, -0.05) is 29.8 Å². The maximum atomic E-state index is 6.19. The Morgan fingerprint density at radius 3 is 3.09 bits per heavy atom. The molecule has 1 aliphatic heterocycles. The van der Waals surface area contributed by atoms with Crippen LogP contribution in [0.4, 0.5) is 0 Å². The molecule has 2 heterocycles. The van der Waals surface area contributed by atoms with Crippen LogP contribution < -0.4 is 5.32 Å². The first kappa shape index (κ1) is 16.5. The quantitative estimate of drug-likeness (QED) is 0.877. The van der Waals surface area contributed by atoms with Crippen LogP contribution in [0.1, 0.15) is 11.1 Å². The van der Waals surface area contributed by atoms with Crippen LogP contribution in [-0.2, 0) is 17.8 Å². The second kappa shape index (κ2) is 7.93. The normalized spacial score (nSPS) is 19.1. The Morgan fingerprint density at radius 2 is 2.26 bits per heavy atom. The lowest BCUT2D eigenvalue weighted by Gasteiger charge is -2.30. The molecule has 5 nitrogen and oxygen atoms in total. The molecular weight excluding hydrogens is 312 g/mol. The maximum Gasteiger partial charge on any atom is 0.0826 e. The molecule has 124 valence electrons. The van der Waals surface area contributed by atoms with Gasteiger partial charge in [-0.25, -0.2) is 0 Å². The predicted octanol–water partition coefficient (Wildman–Crippen LogP) is 2.00. The summed E-state index contributed by atoms with van der Waals surface area (Å²) >= 11 is 6.19. The molecule has 1 atom stereocenters. The van der Waals surface area contributed by atoms with Crippen LogP contribution >= 0.6 is 11.6 Å². The first-order valence-corrected chi connectivity index (χ1v) is 8.34. The summed E-state index contributed by atoms with van der Waals surface area (Å²) in [5, 5.41) is 8.64. The molecule has 0 radical (unpaired) electrons. The van der Waals surface area contributed by atoms with Gasteiger partial charge in [-0.05, 0) is 18.7 Å². The molecule has 1 aromatic carbocycles. The number of nitrogens with zero attached hydrogens (tertiary/aromatic N) is 3. The van der Waals surface area contributed by atoms with Gasteiger partial charge < -0.3 is 15.0 Å². The van der Waals surface area contributed by atoms with E-state index in [1.54, 1.807) is 0 Å². The first-order chi connectivity index (χ1) is 11.2. The van der Waals surface area contributed by atoms with Crippen molar-refractivity contribution in [2.24, 2.45) is 0 Å². The molecule has 0 aliphatic carbocycles. The fourth-order valence-electron chi connectivity index (χ4n) is 2.75. The smallest absolute Gasteiger partial charge is 0.0826 e. The van der Waals surface area contributed by atoms with Crippen molar-refractivity contribution in [2.75, 3.05) is 33.3 Å². The molecule has 0 spiro atoms. The summed E-state index contributed by atoms with van der Waals surface area (Å²) in [6.07, 6.45) is 4.23. The standard InChI is InChI=1S/C17H23ClN4O/c1-21-6-7-23-16(13-21)10-19-8-14-9-20-22(11-14)12-15-4-2-3-5-17(15)18/h2-5,9,11,16,19H,6-8,10,12-13H2,1H3/t16-/m1/s1. The predicted molar refractivity (Wildman–Crippen MR) is 91.7 cm³/mol. The number of likely N-dealkylation sites (N-methyl/N-ethyl adjacent to an activating group) is 1. The van der Waals surface area contributed by atoms with Crippen LogP contribution in [0.25, 0.3) is 0 Å². The van der Waals surface area contributed by atoms with E-state index in [1.165, 1.54) is 5.56 Å². The van der Waals surface area contributed by atoms with Gasteiger partial charge in [-0.15, -0.1) is 0 Å². The van der Waals surface area contributed by atoms with Crippen molar-refractivity contribution in [3.63, 3.8) is 0 Å². The Morgan fingerprint density at radius 1 is 1.39 bits per heavy atom. The minimum absolute atomic E-state index is 0.270. The van der Waals surface area contributed by atoms with Gasteiger partial charge in [0.1, 0.15) is 0 Å². The molecule has 2 aromatic rings. The Labute approximate surface area is 142 Å². The highest BCUT2D eigenvalue weighted by Crippen LogP contribution is 2.16. The fourth-order valence-corrected chi connectivity index (χ4v) is 2.95. The van der Waals surface area contributed by atoms with Gasteiger partial charge in [-0.3, -0.25) is 4.68 Å². The molecule has 0 amide bonds. The van der Waals surface area contributed by atoms with E-state index in [1.807, 2.05) is 35.1 Å². The SMILES string of the molecule is CN1CCO[C@H](CNCc2cnn(Cc3ccccc3Cl)c2)C1. The van der Waals surface area contributed by atoms with Gasteiger partial charge in [0.25, 0.3) is 0 Å². The molecule has 23 heavy (non-hydrogen) atoms. The number of benzene rings is 1. The van der Waals surface area contributed by atoms with Crippen molar-refractivity contribution in [2.45, 2.75) is 19.2 Å². The zero-order valence-corrected chi connectivity index (χ0v) is 14.2. The van der Waals surface area contributed by atoms with E-state index in [0.717, 1.165) is 43.4 Å². The molecule has 1 N–H and O–H groups in total. The second-order valence-electron chi connectivity index (χ2n) is 6.02. The zero-order chi connectivity index (χ0) is 16.1. The lowest BCUT2D eigenvalue weighted by Crippen LogP contribution is -2.44. The van der Waals surface area contributed by atoms with Gasteiger partial charge in [0, 0.05) is 43.0 Å². The Hall–Kier alpha value is -1.40. The topological polar surface area (TPSA) is 42.3 Å². The van der Waals surface area contributed by atoms with Gasteiger partial charge in [0.2, 0.25) is 0 Å². The number of halogens is 1. The summed E-state index contributed by atoms with van der Waals surface area (Å²) in [6, 6.07) is 7.87. The molecular formula is C17H23ClN4O. The van der Waals surface area contributed by atoms with Crippen molar-refractivity contribution < 1.29 is 4.74 Å². The third-order valence-corrected chi connectivity index (χ3v) is 4.39. The molecule has 3 rings (SSSR count). The molecule has 1 saturated heterocycles. The van der Waals surface area contributed by atoms with E-state index in [-0.39, 0.29) is 6.10 Å². The number of ether oxygens (including phenoxy) is 1. The van der Waals surface area contributed by atoms with E-state index in [2.05, 4.69) is 28.6 Å². The van der Waals surface area contributed by atoms with E-state index in [4.69, 9.17) is 16.3 Å². The number of nitrogens with one attached hydrogen (secondary N) is 1. The highest BCUT2D eigenvalue weighted by Gasteiger charge is 2.16. The van der Waals surface area contributed by atoms with Crippen LogP contribution in [0.15, 0.2) is 36.7 Å². The van der Waals surface area contributed by atoms with Crippen molar-refractivity contribution in [3.8, 4) is 0 Å². The largest absolute Gasteiger partial charge is 0.374 e. The first-order valence-electron chi connectivity index (χ1n) is 7.96. The van der Waals surface area contributed by atoms with Gasteiger partial charge >= 0.3 is 0 Å². The highest BCUT2D eigenvalue weighted by atomic mass is 35.5. The van der Waals surface area contributed by atoms with Crippen molar-refractivity contribution >= 4 is 11.6 Å². The van der Waals surface area contributed by atoms with Crippen LogP contribution in [0.5, 0.6) is 0 Å². The van der Waals surface area contributed by atoms with E-state index < -0.39 is 0 Å². The summed E-state index contributed by atoms with van der Waals surface area (Å²) in [6.45, 7) is 5.17. The number of hydrogen-bond acceptors (Lipinski definition) is 4. The summed E-state index contributed by atoms with van der Waals surface area (Å²) in [4.78, 5) is 2.30. The molecule has 0 unspecified atom stereocenters. The highest BCUT2D eigenvalue weighted by molar-refractivity contribution is 6.31. The van der Waals surface area contributed by atoms with E-state index >= 15 is 0 Å². The third kappa shape index (κ3) is 4.78. The van der Waals surface area contributed by atoms with Gasteiger partial charge in [0.15, 0.2) is 0 Å². The lowest BCUT2D eigenvalue weighted by atomic mass is 10.2. The van der Waals surface area contributed by atoms with Crippen molar-refractivity contribution in [3.05, 3.63) is 52.8 Å². The molecule has 1 aliphatic rings. The lowest BCUT2D eigenvalue weighted by molar-refractivity contribution is -0.0182. The zero-order valence-electron chi connectivity index (χ0n) is 13.4.